The van der Waals surface area contributed by atoms with Gasteiger partial charge in [-0.2, -0.15) is 0 Å². The number of halogens is 1. The first-order valence-corrected chi connectivity index (χ1v) is 7.92. The Kier molecular flexibility index (Phi) is 5.48. The van der Waals surface area contributed by atoms with E-state index in [4.69, 9.17) is 14.2 Å². The van der Waals surface area contributed by atoms with Crippen LogP contribution < -0.4 is 10.1 Å². The summed E-state index contributed by atoms with van der Waals surface area (Å²) in [6.45, 7) is -0.412. The lowest BCUT2D eigenvalue weighted by atomic mass is 10.2. The minimum Gasteiger partial charge on any atom is -0.487 e. The fourth-order valence-corrected chi connectivity index (χ4v) is 2.29. The second-order valence-electron chi connectivity index (χ2n) is 5.32. The maximum atomic E-state index is 13.4. The molecule has 1 aliphatic rings. The average Bonchev–Trinajstić information content (AvgIpc) is 3.01. The van der Waals surface area contributed by atoms with Crippen LogP contribution >= 0.6 is 0 Å². The van der Waals surface area contributed by atoms with E-state index in [2.05, 4.69) is 5.32 Å². The molecule has 0 bridgehead atoms. The summed E-state index contributed by atoms with van der Waals surface area (Å²) in [5, 5.41) is 2.88. The van der Waals surface area contributed by atoms with Crippen molar-refractivity contribution in [1.29, 1.82) is 0 Å². The van der Waals surface area contributed by atoms with E-state index in [1.807, 2.05) is 6.07 Å². The molecule has 26 heavy (non-hydrogen) atoms. The van der Waals surface area contributed by atoms with Crippen LogP contribution in [0.4, 0.5) is 10.1 Å². The number of rotatable bonds is 7. The Balaban J connectivity index is 1.57. The lowest BCUT2D eigenvalue weighted by Gasteiger charge is -2.10. The van der Waals surface area contributed by atoms with Gasteiger partial charge in [-0.05, 0) is 24.3 Å². The maximum Gasteiger partial charge on any atom is 0.347 e. The van der Waals surface area contributed by atoms with Gasteiger partial charge in [0.1, 0.15) is 13.2 Å². The van der Waals surface area contributed by atoms with Gasteiger partial charge in [-0.1, -0.05) is 30.3 Å². The number of carbonyl (C=O) groups excluding carboxylic acids is 2. The number of esters is 1. The predicted molar refractivity (Wildman–Crippen MR) is 90.9 cm³/mol. The minimum atomic E-state index is -0.817. The molecule has 2 aromatic carbocycles. The molecule has 1 N–H and O–H groups in total. The summed E-state index contributed by atoms with van der Waals surface area (Å²) in [6.07, 6.45) is 0. The van der Waals surface area contributed by atoms with Gasteiger partial charge in [0.25, 0.3) is 0 Å². The Labute approximate surface area is 149 Å². The van der Waals surface area contributed by atoms with Crippen LogP contribution in [-0.2, 0) is 19.1 Å². The van der Waals surface area contributed by atoms with Crippen LogP contribution in [0.3, 0.4) is 0 Å². The van der Waals surface area contributed by atoms with E-state index in [0.717, 1.165) is 0 Å². The van der Waals surface area contributed by atoms with E-state index in [1.54, 1.807) is 36.4 Å². The van der Waals surface area contributed by atoms with Crippen molar-refractivity contribution in [2.24, 2.45) is 0 Å². The Morgan fingerprint density at radius 3 is 2.58 bits per heavy atom. The van der Waals surface area contributed by atoms with Crippen LogP contribution in [-0.4, -0.2) is 31.6 Å². The first kappa shape index (κ1) is 17.5. The van der Waals surface area contributed by atoms with E-state index >= 15 is 0 Å². The van der Waals surface area contributed by atoms with Gasteiger partial charge in [-0.3, -0.25) is 4.79 Å². The minimum absolute atomic E-state index is 0.0452. The third-order valence-electron chi connectivity index (χ3n) is 3.50. The lowest BCUT2D eigenvalue weighted by Crippen LogP contribution is -2.19. The van der Waals surface area contributed by atoms with Crippen molar-refractivity contribution in [3.8, 4) is 5.75 Å². The zero-order valence-corrected chi connectivity index (χ0v) is 13.7. The molecule has 0 radical (unpaired) electrons. The highest BCUT2D eigenvalue weighted by atomic mass is 19.1. The van der Waals surface area contributed by atoms with Crippen LogP contribution in [0, 0.1) is 5.82 Å². The second-order valence-corrected chi connectivity index (χ2v) is 5.32. The first-order valence-electron chi connectivity index (χ1n) is 7.92. The van der Waals surface area contributed by atoms with Crippen molar-refractivity contribution in [2.45, 2.75) is 0 Å². The van der Waals surface area contributed by atoms with Gasteiger partial charge in [0, 0.05) is 5.69 Å². The number of para-hydroxylation sites is 2. The Morgan fingerprint density at radius 2 is 1.81 bits per heavy atom. The number of nitrogens with one attached hydrogen (secondary N) is 1. The van der Waals surface area contributed by atoms with Crippen molar-refractivity contribution in [1.82, 2.24) is 0 Å². The number of hydrogen-bond acceptors (Lipinski definition) is 6. The molecule has 0 aliphatic carbocycles. The summed E-state index contributed by atoms with van der Waals surface area (Å²) < 4.78 is 28.9. The zero-order valence-electron chi connectivity index (χ0n) is 13.7. The fraction of sp³-hybridized carbons (Fsp3) is 0.158. The molecule has 0 unspecified atom stereocenters. The van der Waals surface area contributed by atoms with Crippen LogP contribution in [0.1, 0.15) is 0 Å². The van der Waals surface area contributed by atoms with E-state index in [1.165, 1.54) is 12.1 Å². The Hall–Kier alpha value is -3.35. The Morgan fingerprint density at radius 1 is 1.08 bits per heavy atom. The number of carbonyl (C=O) groups is 2. The molecule has 0 fully saturated rings. The van der Waals surface area contributed by atoms with Gasteiger partial charge in [-0.25, -0.2) is 9.18 Å². The third kappa shape index (κ3) is 4.18. The van der Waals surface area contributed by atoms with Crippen LogP contribution in [0.15, 0.2) is 66.1 Å². The summed E-state index contributed by atoms with van der Waals surface area (Å²) in [5.74, 6) is -1.67. The van der Waals surface area contributed by atoms with E-state index in [9.17, 15) is 14.0 Å². The molecule has 0 saturated heterocycles. The summed E-state index contributed by atoms with van der Waals surface area (Å²) >= 11 is 0. The molecule has 0 spiro atoms. The van der Waals surface area contributed by atoms with Gasteiger partial charge < -0.3 is 19.5 Å². The van der Waals surface area contributed by atoms with Crippen LogP contribution in [0.5, 0.6) is 5.75 Å². The molecule has 0 amide bonds. The highest BCUT2D eigenvalue weighted by Crippen LogP contribution is 2.20. The number of ketones is 1. The SMILES string of the molecule is O=C1COC(Nc2ccccc2)=C1C(=O)OCCOc1ccccc1F. The van der Waals surface area contributed by atoms with Gasteiger partial charge in [0.15, 0.2) is 23.7 Å². The monoisotopic (exact) mass is 357 g/mol. The van der Waals surface area contributed by atoms with Gasteiger partial charge in [0.2, 0.25) is 11.7 Å². The summed E-state index contributed by atoms with van der Waals surface area (Å²) in [6, 6.07) is 14.9. The fourth-order valence-electron chi connectivity index (χ4n) is 2.29. The smallest absolute Gasteiger partial charge is 0.347 e. The molecule has 1 heterocycles. The number of hydrogen-bond donors (Lipinski definition) is 1. The van der Waals surface area contributed by atoms with Crippen molar-refractivity contribution in [3.63, 3.8) is 0 Å². The first-order chi connectivity index (χ1) is 12.6. The van der Waals surface area contributed by atoms with E-state index in [0.29, 0.717) is 5.69 Å². The number of ether oxygens (including phenoxy) is 3. The summed E-state index contributed by atoms with van der Waals surface area (Å²) in [7, 11) is 0. The van der Waals surface area contributed by atoms with E-state index in [-0.39, 0.29) is 37.0 Å². The second kappa shape index (κ2) is 8.15. The van der Waals surface area contributed by atoms with Crippen molar-refractivity contribution >= 4 is 17.4 Å². The molecule has 3 rings (SSSR count). The van der Waals surface area contributed by atoms with Crippen LogP contribution in [0.2, 0.25) is 0 Å². The largest absolute Gasteiger partial charge is 0.487 e. The Bertz CT molecular complexity index is 835. The van der Waals surface area contributed by atoms with Crippen molar-refractivity contribution in [2.75, 3.05) is 25.1 Å². The quantitative estimate of drug-likeness (QED) is 0.467. The topological polar surface area (TPSA) is 73.9 Å². The van der Waals surface area contributed by atoms with E-state index < -0.39 is 17.6 Å². The zero-order chi connectivity index (χ0) is 18.4. The molecule has 134 valence electrons. The maximum absolute atomic E-state index is 13.4. The van der Waals surface area contributed by atoms with Gasteiger partial charge >= 0.3 is 5.97 Å². The molecule has 0 saturated carbocycles. The van der Waals surface area contributed by atoms with Gasteiger partial charge in [0.05, 0.1) is 0 Å². The summed E-state index contributed by atoms with van der Waals surface area (Å²) in [4.78, 5) is 24.1. The van der Waals surface area contributed by atoms with Crippen molar-refractivity contribution < 1.29 is 28.2 Å². The highest BCUT2D eigenvalue weighted by molar-refractivity contribution is 6.19. The predicted octanol–water partition coefficient (Wildman–Crippen LogP) is 2.67. The average molecular weight is 357 g/mol. The molecule has 2 aromatic rings. The molecule has 1 aliphatic heterocycles. The molecular weight excluding hydrogens is 341 g/mol. The van der Waals surface area contributed by atoms with Gasteiger partial charge in [-0.15, -0.1) is 0 Å². The molecule has 7 heteroatoms. The number of benzene rings is 2. The summed E-state index contributed by atoms with van der Waals surface area (Å²) in [5.41, 5.74) is 0.491. The number of Topliss-reactive ketones (excluding diaryl/α,β-unsaturated/α-hetero) is 1. The molecular formula is C19H16FNO5. The molecule has 0 atom stereocenters. The highest BCUT2D eigenvalue weighted by Gasteiger charge is 2.32. The normalized spacial score (nSPS) is 13.3. The van der Waals surface area contributed by atoms with Crippen molar-refractivity contribution in [3.05, 3.63) is 71.9 Å². The molecule has 6 nitrogen and oxygen atoms in total. The standard InChI is InChI=1S/C19H16FNO5/c20-14-8-4-5-9-16(14)24-10-11-25-19(23)17-15(22)12-26-18(17)21-13-6-2-1-3-7-13/h1-9,21H,10-12H2. The third-order valence-corrected chi connectivity index (χ3v) is 3.50. The number of anilines is 1. The lowest BCUT2D eigenvalue weighted by molar-refractivity contribution is -0.140. The van der Waals surface area contributed by atoms with Crippen LogP contribution in [0.25, 0.3) is 0 Å². The molecule has 0 aromatic heterocycles.